The van der Waals surface area contributed by atoms with Crippen molar-refractivity contribution in [3.05, 3.63) is 0 Å². The van der Waals surface area contributed by atoms with Gasteiger partial charge >= 0.3 is 0 Å². The minimum atomic E-state index is 0.747. The Morgan fingerprint density at radius 2 is 2.12 bits per heavy atom. The van der Waals surface area contributed by atoms with Crippen LogP contribution >= 0.6 is 0 Å². The first-order chi connectivity index (χ1) is 8.40. The second-order valence-electron chi connectivity index (χ2n) is 5.16. The van der Waals surface area contributed by atoms with Crippen LogP contribution in [0, 0.1) is 5.92 Å². The van der Waals surface area contributed by atoms with Gasteiger partial charge in [-0.1, -0.05) is 0 Å². The molecule has 100 valence electrons. The number of nitrogens with zero attached hydrogens (tertiary/aromatic N) is 1. The van der Waals surface area contributed by atoms with Crippen LogP contribution in [0.3, 0.4) is 0 Å². The minimum Gasteiger partial charge on any atom is -0.385 e. The quantitative estimate of drug-likeness (QED) is 0.636. The molecular weight excluding hydrogens is 216 g/mol. The third kappa shape index (κ3) is 4.92. The summed E-state index contributed by atoms with van der Waals surface area (Å²) in [5.74, 6) is 0.959. The molecule has 1 unspecified atom stereocenters. The molecular formula is C13H26N2O2. The molecule has 1 atom stereocenters. The first-order valence-corrected chi connectivity index (χ1v) is 6.92. The van der Waals surface area contributed by atoms with E-state index in [0.29, 0.717) is 0 Å². The molecule has 4 heteroatoms. The third-order valence-corrected chi connectivity index (χ3v) is 3.67. The summed E-state index contributed by atoms with van der Waals surface area (Å²) in [4.78, 5) is 2.54. The van der Waals surface area contributed by atoms with E-state index in [2.05, 4.69) is 10.2 Å². The number of ether oxygens (including phenoxy) is 2. The first kappa shape index (κ1) is 13.3. The van der Waals surface area contributed by atoms with Crippen molar-refractivity contribution in [2.75, 3.05) is 53.1 Å². The second-order valence-corrected chi connectivity index (χ2v) is 5.16. The summed E-state index contributed by atoms with van der Waals surface area (Å²) in [6.07, 6.45) is 3.86. The maximum atomic E-state index is 5.61. The van der Waals surface area contributed by atoms with Gasteiger partial charge in [-0.25, -0.2) is 0 Å². The fraction of sp³-hybridized carbons (Fsp3) is 1.00. The molecule has 0 aromatic rings. The van der Waals surface area contributed by atoms with Gasteiger partial charge in [0.05, 0.1) is 6.61 Å². The van der Waals surface area contributed by atoms with Gasteiger partial charge in [0.1, 0.15) is 0 Å². The average molecular weight is 242 g/mol. The van der Waals surface area contributed by atoms with Crippen LogP contribution in [0.15, 0.2) is 0 Å². The van der Waals surface area contributed by atoms with Crippen molar-refractivity contribution in [2.24, 2.45) is 5.92 Å². The highest BCUT2D eigenvalue weighted by Crippen LogP contribution is 2.33. The zero-order valence-corrected chi connectivity index (χ0v) is 11.0. The molecule has 4 nitrogen and oxygen atoms in total. The Balaban J connectivity index is 1.49. The number of piperazine rings is 1. The van der Waals surface area contributed by atoms with Gasteiger partial charge in [-0.2, -0.15) is 0 Å². The molecule has 2 aliphatic rings. The van der Waals surface area contributed by atoms with Crippen LogP contribution < -0.4 is 5.32 Å². The molecule has 0 aromatic carbocycles. The van der Waals surface area contributed by atoms with Crippen LogP contribution in [-0.2, 0) is 9.47 Å². The van der Waals surface area contributed by atoms with Gasteiger partial charge in [0, 0.05) is 52.5 Å². The van der Waals surface area contributed by atoms with Gasteiger partial charge in [0.15, 0.2) is 0 Å². The Labute approximate surface area is 105 Å². The van der Waals surface area contributed by atoms with E-state index in [1.165, 1.54) is 25.9 Å². The normalized spacial score (nSPS) is 26.3. The van der Waals surface area contributed by atoms with E-state index in [1.54, 1.807) is 7.11 Å². The monoisotopic (exact) mass is 242 g/mol. The van der Waals surface area contributed by atoms with Gasteiger partial charge in [-0.05, 0) is 25.2 Å². The number of hydrogen-bond acceptors (Lipinski definition) is 4. The van der Waals surface area contributed by atoms with E-state index < -0.39 is 0 Å². The number of nitrogens with one attached hydrogen (secondary N) is 1. The lowest BCUT2D eigenvalue weighted by Gasteiger charge is -2.33. The highest BCUT2D eigenvalue weighted by Gasteiger charge is 2.33. The molecule has 1 heterocycles. The predicted molar refractivity (Wildman–Crippen MR) is 68.3 cm³/mol. The van der Waals surface area contributed by atoms with Crippen LogP contribution in [-0.4, -0.2) is 64.1 Å². The predicted octanol–water partition coefficient (Wildman–Crippen LogP) is 0.723. The Kier molecular flexibility index (Phi) is 5.71. The summed E-state index contributed by atoms with van der Waals surface area (Å²) in [6.45, 7) is 7.10. The highest BCUT2D eigenvalue weighted by molar-refractivity contribution is 4.91. The summed E-state index contributed by atoms with van der Waals surface area (Å²) in [7, 11) is 1.73. The number of hydrogen-bond donors (Lipinski definition) is 1. The highest BCUT2D eigenvalue weighted by atomic mass is 16.5. The Morgan fingerprint density at radius 3 is 2.88 bits per heavy atom. The molecule has 0 aromatic heterocycles. The van der Waals surface area contributed by atoms with E-state index in [1.807, 2.05) is 0 Å². The van der Waals surface area contributed by atoms with Crippen LogP contribution in [0.25, 0.3) is 0 Å². The van der Waals surface area contributed by atoms with Crippen molar-refractivity contribution in [1.29, 1.82) is 0 Å². The molecule has 1 N–H and O–H groups in total. The van der Waals surface area contributed by atoms with E-state index >= 15 is 0 Å². The van der Waals surface area contributed by atoms with Gasteiger partial charge in [-0.15, -0.1) is 0 Å². The summed E-state index contributed by atoms with van der Waals surface area (Å²) >= 11 is 0. The van der Waals surface area contributed by atoms with E-state index in [4.69, 9.17) is 9.47 Å². The van der Waals surface area contributed by atoms with E-state index in [-0.39, 0.29) is 0 Å². The number of methoxy groups -OCH3 is 1. The molecule has 1 saturated heterocycles. The maximum absolute atomic E-state index is 5.61. The summed E-state index contributed by atoms with van der Waals surface area (Å²) in [5.41, 5.74) is 0. The van der Waals surface area contributed by atoms with Crippen LogP contribution in [0.4, 0.5) is 0 Å². The Bertz CT molecular complexity index is 210. The fourth-order valence-electron chi connectivity index (χ4n) is 2.46. The zero-order valence-electron chi connectivity index (χ0n) is 11.0. The minimum absolute atomic E-state index is 0.747. The standard InChI is InChI=1S/C13H26N2O2/c1-16-8-2-9-17-10-7-15-6-5-14-13(11-15)12-3-4-12/h12-14H,2-11H2,1H3. The summed E-state index contributed by atoms with van der Waals surface area (Å²) < 4.78 is 10.6. The molecule has 2 rings (SSSR count). The van der Waals surface area contributed by atoms with Crippen LogP contribution in [0.1, 0.15) is 19.3 Å². The topological polar surface area (TPSA) is 33.7 Å². The van der Waals surface area contributed by atoms with Crippen molar-refractivity contribution in [3.63, 3.8) is 0 Å². The smallest absolute Gasteiger partial charge is 0.0593 e. The van der Waals surface area contributed by atoms with Crippen LogP contribution in [0.2, 0.25) is 0 Å². The van der Waals surface area contributed by atoms with Gasteiger partial charge < -0.3 is 14.8 Å². The van der Waals surface area contributed by atoms with Gasteiger partial charge in [-0.3, -0.25) is 4.90 Å². The molecule has 0 spiro atoms. The first-order valence-electron chi connectivity index (χ1n) is 6.92. The molecule has 0 radical (unpaired) electrons. The second kappa shape index (κ2) is 7.31. The molecule has 1 aliphatic carbocycles. The summed E-state index contributed by atoms with van der Waals surface area (Å²) in [6, 6.07) is 0.747. The molecule has 0 amide bonds. The lowest BCUT2D eigenvalue weighted by Crippen LogP contribution is -2.52. The molecule has 1 saturated carbocycles. The molecule has 0 bridgehead atoms. The Hall–Kier alpha value is -0.160. The van der Waals surface area contributed by atoms with Gasteiger partial charge in [0.2, 0.25) is 0 Å². The lowest BCUT2D eigenvalue weighted by molar-refractivity contribution is 0.0746. The van der Waals surface area contributed by atoms with Crippen molar-refractivity contribution in [3.8, 4) is 0 Å². The van der Waals surface area contributed by atoms with Crippen molar-refractivity contribution >= 4 is 0 Å². The van der Waals surface area contributed by atoms with Crippen LogP contribution in [0.5, 0.6) is 0 Å². The fourth-order valence-corrected chi connectivity index (χ4v) is 2.46. The van der Waals surface area contributed by atoms with Crippen molar-refractivity contribution in [2.45, 2.75) is 25.3 Å². The molecule has 17 heavy (non-hydrogen) atoms. The van der Waals surface area contributed by atoms with E-state index in [0.717, 1.165) is 51.3 Å². The summed E-state index contributed by atoms with van der Waals surface area (Å²) in [5, 5.41) is 3.63. The SMILES string of the molecule is COCCCOCCN1CCNC(C2CC2)C1. The molecule has 1 aliphatic heterocycles. The zero-order chi connectivity index (χ0) is 11.9. The van der Waals surface area contributed by atoms with Crippen molar-refractivity contribution < 1.29 is 9.47 Å². The number of rotatable bonds is 8. The van der Waals surface area contributed by atoms with Gasteiger partial charge in [0.25, 0.3) is 0 Å². The lowest BCUT2D eigenvalue weighted by atomic mass is 10.1. The Morgan fingerprint density at radius 1 is 1.24 bits per heavy atom. The van der Waals surface area contributed by atoms with Crippen molar-refractivity contribution in [1.82, 2.24) is 10.2 Å². The maximum Gasteiger partial charge on any atom is 0.0593 e. The largest absolute Gasteiger partial charge is 0.385 e. The molecule has 2 fully saturated rings. The van der Waals surface area contributed by atoms with E-state index in [9.17, 15) is 0 Å². The third-order valence-electron chi connectivity index (χ3n) is 3.67. The average Bonchev–Trinajstić information content (AvgIpc) is 3.18.